The first-order valence-corrected chi connectivity index (χ1v) is 10.4. The molecule has 1 amide bonds. The van der Waals surface area contributed by atoms with Crippen molar-refractivity contribution < 1.29 is 9.18 Å². The molecule has 0 aliphatic carbocycles. The van der Waals surface area contributed by atoms with Crippen molar-refractivity contribution in [2.75, 3.05) is 12.3 Å². The number of nitrogens with zero attached hydrogens (tertiary/aromatic N) is 3. The molecule has 1 unspecified atom stereocenters. The number of aromatic nitrogens is 1. The van der Waals surface area contributed by atoms with Crippen LogP contribution in [0.25, 0.3) is 0 Å². The average Bonchev–Trinajstić information content (AvgIpc) is 3.18. The highest BCUT2D eigenvalue weighted by Gasteiger charge is 2.33. The van der Waals surface area contributed by atoms with Crippen molar-refractivity contribution in [3.8, 4) is 0 Å². The van der Waals surface area contributed by atoms with Gasteiger partial charge < -0.3 is 10.6 Å². The van der Waals surface area contributed by atoms with Crippen molar-refractivity contribution in [3.63, 3.8) is 0 Å². The lowest BCUT2D eigenvalue weighted by atomic mass is 10.0. The molecule has 1 aromatic heterocycles. The van der Waals surface area contributed by atoms with Gasteiger partial charge in [-0.25, -0.2) is 9.37 Å². The van der Waals surface area contributed by atoms with E-state index in [2.05, 4.69) is 16.0 Å². The number of halogens is 1. The maximum Gasteiger partial charge on any atom is 0.259 e. The zero-order valence-electron chi connectivity index (χ0n) is 17.4. The van der Waals surface area contributed by atoms with Gasteiger partial charge in [-0.15, -0.1) is 0 Å². The van der Waals surface area contributed by atoms with Gasteiger partial charge in [0.1, 0.15) is 17.5 Å². The number of hydrogen-bond acceptors (Lipinski definition) is 4. The van der Waals surface area contributed by atoms with Gasteiger partial charge in [0.05, 0.1) is 18.3 Å². The molecular weight excluding hydrogens is 391 g/mol. The predicted molar refractivity (Wildman–Crippen MR) is 119 cm³/mol. The fourth-order valence-electron chi connectivity index (χ4n) is 3.99. The number of anilines is 1. The number of hydrogen-bond donors (Lipinski definition) is 1. The molecule has 1 aliphatic heterocycles. The van der Waals surface area contributed by atoms with Crippen molar-refractivity contribution in [2.45, 2.75) is 25.9 Å². The molecule has 158 valence electrons. The maximum atomic E-state index is 13.5. The van der Waals surface area contributed by atoms with Crippen molar-refractivity contribution in [2.24, 2.45) is 0 Å². The number of pyridine rings is 1. The zero-order valence-corrected chi connectivity index (χ0v) is 17.4. The first-order valence-electron chi connectivity index (χ1n) is 10.4. The number of carbonyl (C=O) groups excluding carboxylic acids is 1. The second kappa shape index (κ2) is 9.00. The summed E-state index contributed by atoms with van der Waals surface area (Å²) in [7, 11) is 0. The van der Waals surface area contributed by atoms with Crippen LogP contribution in [0.1, 0.15) is 41.0 Å². The molecule has 0 bridgehead atoms. The Morgan fingerprint density at radius 3 is 2.52 bits per heavy atom. The van der Waals surface area contributed by atoms with Gasteiger partial charge in [-0.1, -0.05) is 36.4 Å². The van der Waals surface area contributed by atoms with Crippen molar-refractivity contribution in [3.05, 3.63) is 107 Å². The van der Waals surface area contributed by atoms with Crippen LogP contribution in [0.3, 0.4) is 0 Å². The molecule has 2 N–H and O–H groups in total. The second-order valence-corrected chi connectivity index (χ2v) is 7.46. The van der Waals surface area contributed by atoms with E-state index in [9.17, 15) is 9.18 Å². The van der Waals surface area contributed by atoms with Crippen LogP contribution in [0.4, 0.5) is 10.2 Å². The summed E-state index contributed by atoms with van der Waals surface area (Å²) in [6.07, 6.45) is 2.78. The highest BCUT2D eigenvalue weighted by Crippen LogP contribution is 2.37. The number of nitrogens with two attached hydrogens (primary N) is 1. The van der Waals surface area contributed by atoms with Crippen LogP contribution in [0, 0.1) is 5.82 Å². The fourth-order valence-corrected chi connectivity index (χ4v) is 3.99. The Bertz CT molecular complexity index is 1080. The standard InChI is InChI=1S/C25H25FN4O/c1-2-29(25(31)19-7-4-3-5-8-19)24-16-15-22(18-11-13-20(26)14-12-18)30(24)17-21-9-6-10-23(27)28-21/h3-14,16,22H,2,15,17H2,1H3,(H2,27,28). The van der Waals surface area contributed by atoms with E-state index in [0.29, 0.717) is 30.9 Å². The molecule has 1 atom stereocenters. The van der Waals surface area contributed by atoms with Crippen LogP contribution in [0.5, 0.6) is 0 Å². The largest absolute Gasteiger partial charge is 0.384 e. The van der Waals surface area contributed by atoms with Crippen molar-refractivity contribution in [1.29, 1.82) is 0 Å². The van der Waals surface area contributed by atoms with Gasteiger partial charge in [0.2, 0.25) is 0 Å². The minimum Gasteiger partial charge on any atom is -0.384 e. The first-order chi connectivity index (χ1) is 15.1. The molecule has 0 spiro atoms. The van der Waals surface area contributed by atoms with Crippen molar-refractivity contribution >= 4 is 11.7 Å². The highest BCUT2D eigenvalue weighted by molar-refractivity contribution is 5.95. The molecule has 5 nitrogen and oxygen atoms in total. The van der Waals surface area contributed by atoms with E-state index in [0.717, 1.165) is 17.1 Å². The van der Waals surface area contributed by atoms with E-state index in [-0.39, 0.29) is 17.8 Å². The van der Waals surface area contributed by atoms with Crippen LogP contribution in [0.2, 0.25) is 0 Å². The summed E-state index contributed by atoms with van der Waals surface area (Å²) in [5.74, 6) is 0.955. The third-order valence-electron chi connectivity index (χ3n) is 5.47. The van der Waals surface area contributed by atoms with Gasteiger partial charge in [-0.2, -0.15) is 0 Å². The Balaban J connectivity index is 1.69. The lowest BCUT2D eigenvalue weighted by molar-refractivity contribution is 0.0741. The molecule has 2 heterocycles. The molecular formula is C25H25FN4O. The van der Waals surface area contributed by atoms with Gasteiger partial charge >= 0.3 is 0 Å². The summed E-state index contributed by atoms with van der Waals surface area (Å²) in [6.45, 7) is 2.97. The van der Waals surface area contributed by atoms with Crippen molar-refractivity contribution in [1.82, 2.24) is 14.8 Å². The SMILES string of the molecule is CCN(C(=O)c1ccccc1)C1=CCC(c2ccc(F)cc2)N1Cc1cccc(N)n1. The van der Waals surface area contributed by atoms with E-state index in [1.54, 1.807) is 23.1 Å². The first kappa shape index (κ1) is 20.6. The molecule has 6 heteroatoms. The average molecular weight is 417 g/mol. The number of carbonyl (C=O) groups is 1. The molecule has 0 fully saturated rings. The van der Waals surface area contributed by atoms with E-state index < -0.39 is 0 Å². The number of benzene rings is 2. The van der Waals surface area contributed by atoms with Crippen LogP contribution in [-0.4, -0.2) is 27.2 Å². The summed E-state index contributed by atoms with van der Waals surface area (Å²) in [6, 6.07) is 21.3. The number of amides is 1. The molecule has 4 rings (SSSR count). The van der Waals surface area contributed by atoms with Crippen LogP contribution < -0.4 is 5.73 Å². The summed E-state index contributed by atoms with van der Waals surface area (Å²) >= 11 is 0. The number of rotatable bonds is 6. The Morgan fingerprint density at radius 1 is 1.10 bits per heavy atom. The van der Waals surface area contributed by atoms with Crippen LogP contribution in [-0.2, 0) is 6.54 Å². The quantitative estimate of drug-likeness (QED) is 0.630. The second-order valence-electron chi connectivity index (χ2n) is 7.46. The molecule has 3 aromatic rings. The summed E-state index contributed by atoms with van der Waals surface area (Å²) in [5, 5.41) is 0. The summed E-state index contributed by atoms with van der Waals surface area (Å²) < 4.78 is 13.5. The van der Waals surface area contributed by atoms with E-state index in [1.165, 1.54) is 12.1 Å². The Morgan fingerprint density at radius 2 is 1.84 bits per heavy atom. The minimum absolute atomic E-state index is 0.0311. The predicted octanol–water partition coefficient (Wildman–Crippen LogP) is 4.75. The fraction of sp³-hybridized carbons (Fsp3) is 0.200. The lowest BCUT2D eigenvalue weighted by Crippen LogP contribution is -2.38. The zero-order chi connectivity index (χ0) is 21.8. The molecule has 31 heavy (non-hydrogen) atoms. The topological polar surface area (TPSA) is 62.5 Å². The third-order valence-corrected chi connectivity index (χ3v) is 5.47. The Hall–Kier alpha value is -3.67. The van der Waals surface area contributed by atoms with Gasteiger partial charge in [-0.3, -0.25) is 9.69 Å². The van der Waals surface area contributed by atoms with E-state index in [4.69, 9.17) is 5.73 Å². The van der Waals surface area contributed by atoms with Crippen LogP contribution in [0.15, 0.2) is 84.7 Å². The molecule has 1 aliphatic rings. The van der Waals surface area contributed by atoms with Gasteiger partial charge in [0.25, 0.3) is 5.91 Å². The molecule has 0 radical (unpaired) electrons. The Labute approximate surface area is 181 Å². The van der Waals surface area contributed by atoms with E-state index >= 15 is 0 Å². The minimum atomic E-state index is -0.270. The highest BCUT2D eigenvalue weighted by atomic mass is 19.1. The molecule has 0 saturated heterocycles. The van der Waals surface area contributed by atoms with Gasteiger partial charge in [0, 0.05) is 12.1 Å². The van der Waals surface area contributed by atoms with E-state index in [1.807, 2.05) is 49.4 Å². The normalized spacial score (nSPS) is 15.6. The monoisotopic (exact) mass is 416 g/mol. The van der Waals surface area contributed by atoms with Gasteiger partial charge in [-0.05, 0) is 61.4 Å². The third kappa shape index (κ3) is 4.43. The Kier molecular flexibility index (Phi) is 5.98. The smallest absolute Gasteiger partial charge is 0.259 e. The summed E-state index contributed by atoms with van der Waals surface area (Å²) in [5.41, 5.74) is 8.32. The molecule has 2 aromatic carbocycles. The maximum absolute atomic E-state index is 13.5. The van der Waals surface area contributed by atoms with Crippen LogP contribution >= 0.6 is 0 Å². The number of nitrogen functional groups attached to an aromatic ring is 1. The summed E-state index contributed by atoms with van der Waals surface area (Å²) in [4.78, 5) is 21.7. The molecule has 0 saturated carbocycles. The lowest BCUT2D eigenvalue weighted by Gasteiger charge is -2.35. The van der Waals surface area contributed by atoms with Gasteiger partial charge in [0.15, 0.2) is 0 Å².